The van der Waals surface area contributed by atoms with Gasteiger partial charge in [0.15, 0.2) is 0 Å². The van der Waals surface area contributed by atoms with Crippen molar-refractivity contribution in [3.05, 3.63) is 94.6 Å². The minimum atomic E-state index is -4.39. The molecule has 1 saturated heterocycles. The fourth-order valence-corrected chi connectivity index (χ4v) is 4.59. The highest BCUT2D eigenvalue weighted by molar-refractivity contribution is 6.30. The summed E-state index contributed by atoms with van der Waals surface area (Å²) in [7, 11) is 0. The van der Waals surface area contributed by atoms with E-state index in [9.17, 15) is 13.2 Å². The number of nitrogens with one attached hydrogen (secondary N) is 2. The van der Waals surface area contributed by atoms with E-state index in [0.717, 1.165) is 31.8 Å². The summed E-state index contributed by atoms with van der Waals surface area (Å²) in [5, 5.41) is 7.51. The molecule has 32 heavy (non-hydrogen) atoms. The van der Waals surface area contributed by atoms with Crippen molar-refractivity contribution in [1.29, 1.82) is 0 Å². The molecule has 2 aromatic carbocycles. The van der Waals surface area contributed by atoms with E-state index in [0.29, 0.717) is 29.2 Å². The van der Waals surface area contributed by atoms with E-state index in [4.69, 9.17) is 11.6 Å². The van der Waals surface area contributed by atoms with Gasteiger partial charge < -0.3 is 10.6 Å². The normalized spacial score (nSPS) is 19.6. The fraction of sp³-hybridized carbons (Fsp3) is 0.320. The van der Waals surface area contributed by atoms with E-state index in [1.165, 1.54) is 17.2 Å². The maximum Gasteiger partial charge on any atom is 0.417 e. The first kappa shape index (κ1) is 22.6. The van der Waals surface area contributed by atoms with Crippen LogP contribution in [0.5, 0.6) is 0 Å². The zero-order valence-electron chi connectivity index (χ0n) is 17.4. The molecule has 0 saturated carbocycles. The topological polar surface area (TPSA) is 37.0 Å². The fourth-order valence-electron chi connectivity index (χ4n) is 4.46. The maximum absolute atomic E-state index is 12.8. The lowest BCUT2D eigenvalue weighted by molar-refractivity contribution is -0.137. The summed E-state index contributed by atoms with van der Waals surface area (Å²) in [5.74, 6) is 1.41. The van der Waals surface area contributed by atoms with Crippen LogP contribution in [-0.2, 0) is 12.6 Å². The average Bonchev–Trinajstić information content (AvgIpc) is 3.27. The van der Waals surface area contributed by atoms with Gasteiger partial charge in [-0.2, -0.15) is 13.2 Å². The Bertz CT molecular complexity index is 992. The summed E-state index contributed by atoms with van der Waals surface area (Å²) >= 11 is 6.08. The molecule has 1 fully saturated rings. The van der Waals surface area contributed by atoms with Gasteiger partial charge in [-0.05, 0) is 60.2 Å². The highest BCUT2D eigenvalue weighted by Gasteiger charge is 2.35. The molecule has 3 nitrogen and oxygen atoms in total. The quantitative estimate of drug-likeness (QED) is 0.453. The molecule has 4 rings (SSSR count). The monoisotopic (exact) mass is 459 g/mol. The van der Waals surface area contributed by atoms with E-state index >= 15 is 0 Å². The van der Waals surface area contributed by atoms with Crippen molar-refractivity contribution in [2.75, 3.05) is 25.0 Å². The van der Waals surface area contributed by atoms with Crippen molar-refractivity contribution in [3.63, 3.8) is 0 Å². The minimum Gasteiger partial charge on any atom is -0.370 e. The Morgan fingerprint density at radius 2 is 1.75 bits per heavy atom. The van der Waals surface area contributed by atoms with E-state index in [1.54, 1.807) is 0 Å². The Hall–Kier alpha value is -2.57. The number of anilines is 1. The van der Waals surface area contributed by atoms with Crippen LogP contribution >= 0.6 is 11.6 Å². The van der Waals surface area contributed by atoms with Crippen LogP contribution in [0.3, 0.4) is 0 Å². The van der Waals surface area contributed by atoms with E-state index in [1.807, 2.05) is 30.3 Å². The highest BCUT2D eigenvalue weighted by Crippen LogP contribution is 2.36. The second kappa shape index (κ2) is 9.92. The van der Waals surface area contributed by atoms with Crippen LogP contribution in [0.15, 0.2) is 72.9 Å². The predicted octanol–water partition coefficient (Wildman–Crippen LogP) is 6.03. The molecule has 3 atom stereocenters. The number of benzene rings is 2. The van der Waals surface area contributed by atoms with Gasteiger partial charge in [0, 0.05) is 30.2 Å². The molecular formula is C25H25ClF3N3. The van der Waals surface area contributed by atoms with Gasteiger partial charge >= 0.3 is 6.18 Å². The van der Waals surface area contributed by atoms with E-state index < -0.39 is 11.7 Å². The summed E-state index contributed by atoms with van der Waals surface area (Å²) in [4.78, 5) is 3.98. The number of hydrogen-bond acceptors (Lipinski definition) is 3. The molecule has 3 unspecified atom stereocenters. The largest absolute Gasteiger partial charge is 0.417 e. The van der Waals surface area contributed by atoms with Crippen molar-refractivity contribution in [2.24, 2.45) is 11.8 Å². The molecule has 3 aromatic rings. The first-order valence-electron chi connectivity index (χ1n) is 10.7. The van der Waals surface area contributed by atoms with Gasteiger partial charge in [0.1, 0.15) is 5.82 Å². The average molecular weight is 460 g/mol. The van der Waals surface area contributed by atoms with Crippen LogP contribution < -0.4 is 10.6 Å². The molecule has 1 aromatic heterocycles. The number of hydrogen-bond donors (Lipinski definition) is 2. The van der Waals surface area contributed by atoms with Crippen molar-refractivity contribution < 1.29 is 13.2 Å². The minimum absolute atomic E-state index is 0.261. The lowest BCUT2D eigenvalue weighted by Crippen LogP contribution is -2.30. The molecule has 0 aliphatic carbocycles. The first-order valence-corrected chi connectivity index (χ1v) is 11.0. The number of halogens is 4. The van der Waals surface area contributed by atoms with Crippen LogP contribution in [0.2, 0.25) is 5.02 Å². The van der Waals surface area contributed by atoms with E-state index in [-0.39, 0.29) is 5.92 Å². The summed E-state index contributed by atoms with van der Waals surface area (Å²) in [6.07, 6.45) is -2.64. The Morgan fingerprint density at radius 3 is 2.41 bits per heavy atom. The third-order valence-electron chi connectivity index (χ3n) is 6.14. The summed E-state index contributed by atoms with van der Waals surface area (Å²) in [6, 6.07) is 20.7. The van der Waals surface area contributed by atoms with Gasteiger partial charge in [-0.25, -0.2) is 4.98 Å². The van der Waals surface area contributed by atoms with Gasteiger partial charge in [0.25, 0.3) is 0 Å². The maximum atomic E-state index is 12.8. The van der Waals surface area contributed by atoms with Gasteiger partial charge in [-0.3, -0.25) is 0 Å². The SMILES string of the molecule is FC(F)(F)c1ccc(NCC(Cc2ccccc2)C2CNCC2c2ccc(Cl)cc2)nc1. The number of nitrogens with zero attached hydrogens (tertiary/aromatic N) is 1. The second-order valence-corrected chi connectivity index (χ2v) is 8.68. The smallest absolute Gasteiger partial charge is 0.370 e. The molecule has 0 amide bonds. The Balaban J connectivity index is 1.52. The highest BCUT2D eigenvalue weighted by atomic mass is 35.5. The van der Waals surface area contributed by atoms with Gasteiger partial charge in [-0.15, -0.1) is 0 Å². The van der Waals surface area contributed by atoms with Crippen molar-refractivity contribution in [2.45, 2.75) is 18.5 Å². The molecule has 7 heteroatoms. The molecule has 0 spiro atoms. The number of rotatable bonds is 7. The third kappa shape index (κ3) is 5.61. The third-order valence-corrected chi connectivity index (χ3v) is 6.39. The zero-order valence-corrected chi connectivity index (χ0v) is 18.2. The number of alkyl halides is 3. The molecule has 0 bridgehead atoms. The predicted molar refractivity (Wildman–Crippen MR) is 122 cm³/mol. The standard InChI is InChI=1S/C25H25ClF3N3/c26-21-9-6-18(7-10-21)22-15-30-16-23(22)19(12-17-4-2-1-3-5-17)13-31-24-11-8-20(14-32-24)25(27,28)29/h1-11,14,19,22-23,30H,12-13,15-16H2,(H,31,32). The van der Waals surface area contributed by atoms with Crippen LogP contribution in [0.1, 0.15) is 22.6 Å². The zero-order chi connectivity index (χ0) is 22.6. The molecule has 1 aliphatic rings. The summed E-state index contributed by atoms with van der Waals surface area (Å²) in [5.41, 5.74) is 1.74. The number of aromatic nitrogens is 1. The Labute approximate surface area is 191 Å². The van der Waals surface area contributed by atoms with Gasteiger partial charge in [-0.1, -0.05) is 54.1 Å². The van der Waals surface area contributed by atoms with Crippen molar-refractivity contribution in [1.82, 2.24) is 10.3 Å². The molecule has 2 N–H and O–H groups in total. The molecular weight excluding hydrogens is 435 g/mol. The van der Waals surface area contributed by atoms with Crippen LogP contribution in [0, 0.1) is 11.8 Å². The first-order chi connectivity index (χ1) is 15.4. The van der Waals surface area contributed by atoms with Crippen LogP contribution in [-0.4, -0.2) is 24.6 Å². The summed E-state index contributed by atoms with van der Waals surface area (Å²) < 4.78 is 38.5. The van der Waals surface area contributed by atoms with Crippen LogP contribution in [0.4, 0.5) is 19.0 Å². The Morgan fingerprint density at radius 1 is 1.00 bits per heavy atom. The lowest BCUT2D eigenvalue weighted by atomic mass is 9.77. The molecule has 2 heterocycles. The van der Waals surface area contributed by atoms with Crippen molar-refractivity contribution >= 4 is 17.4 Å². The Kier molecular flexibility index (Phi) is 7.01. The second-order valence-electron chi connectivity index (χ2n) is 8.24. The number of pyridine rings is 1. The molecule has 1 aliphatic heterocycles. The van der Waals surface area contributed by atoms with Crippen molar-refractivity contribution in [3.8, 4) is 0 Å². The van der Waals surface area contributed by atoms with Crippen LogP contribution in [0.25, 0.3) is 0 Å². The lowest BCUT2D eigenvalue weighted by Gasteiger charge is -2.29. The molecule has 168 valence electrons. The van der Waals surface area contributed by atoms with E-state index in [2.05, 4.69) is 39.9 Å². The van der Waals surface area contributed by atoms with Gasteiger partial charge in [0.2, 0.25) is 0 Å². The van der Waals surface area contributed by atoms with Gasteiger partial charge in [0.05, 0.1) is 5.56 Å². The molecule has 0 radical (unpaired) electrons. The summed E-state index contributed by atoms with van der Waals surface area (Å²) in [6.45, 7) is 2.38.